The van der Waals surface area contributed by atoms with Crippen molar-refractivity contribution in [1.82, 2.24) is 14.6 Å². The molecule has 12 nitrogen and oxygen atoms in total. The van der Waals surface area contributed by atoms with E-state index >= 15 is 0 Å². The highest BCUT2D eigenvalue weighted by Gasteiger charge is 2.35. The summed E-state index contributed by atoms with van der Waals surface area (Å²) in [7, 11) is 0. The fourth-order valence-corrected chi connectivity index (χ4v) is 3.97. The molecule has 3 aromatic rings. The van der Waals surface area contributed by atoms with Crippen LogP contribution in [0.2, 0.25) is 0 Å². The molecule has 3 amide bonds. The van der Waals surface area contributed by atoms with Crippen LogP contribution in [0.15, 0.2) is 47.1 Å². The number of hydrogen-bond acceptors (Lipinski definition) is 10. The summed E-state index contributed by atoms with van der Waals surface area (Å²) in [6.07, 6.45) is 1.40. The molecule has 1 atom stereocenters. The Bertz CT molecular complexity index is 1210. The molecule has 184 valence electrons. The Morgan fingerprint density at radius 3 is 2.51 bits per heavy atom. The highest BCUT2D eigenvalue weighted by Crippen LogP contribution is 2.31. The lowest BCUT2D eigenvalue weighted by Gasteiger charge is -2.30. The zero-order valence-electron chi connectivity index (χ0n) is 18.6. The molecule has 0 saturated carbocycles. The fourth-order valence-electron chi connectivity index (χ4n) is 3.21. The van der Waals surface area contributed by atoms with Crippen LogP contribution in [0.1, 0.15) is 44.4 Å². The molecule has 0 bridgehead atoms. The number of benzene rings is 1. The van der Waals surface area contributed by atoms with Crippen LogP contribution in [0.3, 0.4) is 0 Å². The third kappa shape index (κ3) is 5.95. The molecule has 13 heteroatoms. The molecular weight excluding hydrogens is 478 g/mol. The van der Waals surface area contributed by atoms with E-state index in [0.717, 1.165) is 4.90 Å². The van der Waals surface area contributed by atoms with E-state index in [2.05, 4.69) is 9.69 Å². The number of amides is 3. The smallest absolute Gasteiger partial charge is 0.325 e. The zero-order valence-corrected chi connectivity index (χ0v) is 19.4. The molecule has 6 N–H and O–H groups in total. The number of nitrogen functional groups attached to an aromatic ring is 1. The Hall–Kier alpha value is -4.39. The second kappa shape index (κ2) is 11.2. The van der Waals surface area contributed by atoms with Crippen LogP contribution >= 0.6 is 11.5 Å². The molecule has 0 aliphatic rings. The van der Waals surface area contributed by atoms with Crippen LogP contribution in [0, 0.1) is 0 Å². The van der Waals surface area contributed by atoms with Gasteiger partial charge in [-0.15, -0.1) is 0 Å². The summed E-state index contributed by atoms with van der Waals surface area (Å²) < 4.78 is 14.1. The number of phenols is 1. The Morgan fingerprint density at radius 2 is 1.94 bits per heavy atom. The number of phenolic OH excluding ortho intramolecular Hbond substituents is 1. The van der Waals surface area contributed by atoms with E-state index in [1.807, 2.05) is 0 Å². The van der Waals surface area contributed by atoms with Crippen LogP contribution in [0.5, 0.6) is 5.75 Å². The number of nitrogens with zero attached hydrogens (tertiary/aromatic N) is 2. The summed E-state index contributed by atoms with van der Waals surface area (Å²) in [5.41, 5.74) is 11.1. The van der Waals surface area contributed by atoms with Crippen LogP contribution in [-0.4, -0.2) is 51.2 Å². The highest BCUT2D eigenvalue weighted by molar-refractivity contribution is 7.09. The van der Waals surface area contributed by atoms with Gasteiger partial charge in [0, 0.05) is 0 Å². The first-order valence-corrected chi connectivity index (χ1v) is 11.1. The molecule has 0 unspecified atom stereocenters. The fraction of sp³-hybridized carbons (Fsp3) is 0.227. The van der Waals surface area contributed by atoms with Crippen molar-refractivity contribution in [3.63, 3.8) is 0 Å². The normalized spacial score (nSPS) is 11.5. The third-order valence-corrected chi connectivity index (χ3v) is 5.65. The minimum Gasteiger partial charge on any atom is -0.508 e. The van der Waals surface area contributed by atoms with Gasteiger partial charge in [0.1, 0.15) is 29.0 Å². The Morgan fingerprint density at radius 1 is 1.23 bits per heavy atom. The van der Waals surface area contributed by atoms with Gasteiger partial charge >= 0.3 is 5.97 Å². The second-order valence-corrected chi connectivity index (χ2v) is 7.94. The molecule has 0 spiro atoms. The average molecular weight is 502 g/mol. The van der Waals surface area contributed by atoms with Crippen LogP contribution in [0.4, 0.5) is 5.69 Å². The monoisotopic (exact) mass is 501 g/mol. The average Bonchev–Trinajstić information content (AvgIpc) is 3.47. The highest BCUT2D eigenvalue weighted by atomic mass is 32.1. The third-order valence-electron chi connectivity index (χ3n) is 4.80. The first-order chi connectivity index (χ1) is 16.7. The molecule has 0 aliphatic heterocycles. The number of esters is 1. The number of carbonyl (C=O) groups excluding carboxylic acids is 4. The lowest BCUT2D eigenvalue weighted by atomic mass is 10.0. The summed E-state index contributed by atoms with van der Waals surface area (Å²) in [5, 5.41) is 12.2. The van der Waals surface area contributed by atoms with Crippen LogP contribution in [0.25, 0.3) is 0 Å². The summed E-state index contributed by atoms with van der Waals surface area (Å²) in [4.78, 5) is 51.4. The number of aromatic nitrogens is 1. The minimum absolute atomic E-state index is 0.0545. The Balaban J connectivity index is 2.05. The van der Waals surface area contributed by atoms with E-state index in [0.29, 0.717) is 22.9 Å². The van der Waals surface area contributed by atoms with E-state index in [4.69, 9.17) is 20.6 Å². The van der Waals surface area contributed by atoms with Gasteiger partial charge in [0.15, 0.2) is 5.69 Å². The minimum atomic E-state index is -1.29. The van der Waals surface area contributed by atoms with Crippen molar-refractivity contribution < 1.29 is 33.4 Å². The number of ether oxygens (including phenoxy) is 1. The number of primary amides is 1. The van der Waals surface area contributed by atoms with E-state index in [9.17, 15) is 24.3 Å². The number of aromatic hydroxyl groups is 1. The quantitative estimate of drug-likeness (QED) is 0.295. The zero-order chi connectivity index (χ0) is 25.5. The largest absolute Gasteiger partial charge is 0.508 e. The van der Waals surface area contributed by atoms with Gasteiger partial charge in [0.05, 0.1) is 25.1 Å². The summed E-state index contributed by atoms with van der Waals surface area (Å²) in [6.45, 7) is 1.15. The molecule has 35 heavy (non-hydrogen) atoms. The van der Waals surface area contributed by atoms with Gasteiger partial charge in [-0.25, -0.2) is 0 Å². The van der Waals surface area contributed by atoms with Gasteiger partial charge in [-0.2, -0.15) is 4.37 Å². The van der Waals surface area contributed by atoms with E-state index in [-0.39, 0.29) is 35.2 Å². The summed E-state index contributed by atoms with van der Waals surface area (Å²) in [5.74, 6) is -2.71. The Kier molecular flexibility index (Phi) is 8.04. The van der Waals surface area contributed by atoms with Crippen molar-refractivity contribution in [3.8, 4) is 5.75 Å². The second-order valence-electron chi connectivity index (χ2n) is 7.17. The standard InChI is InChI=1S/C22H23N5O7S/c1-2-33-15(29)10-25-21(31)18(12-5-7-13(28)8-6-12)27(11-14-4-3-9-34-14)22(32)19-16(23)17(20(24)30)26-35-19/h3-9,18,28H,2,10-11,23H2,1H3,(H2,24,30)(H,25,31)/t18-/m1/s1. The number of carbonyl (C=O) groups is 4. The molecule has 0 aliphatic carbocycles. The van der Waals surface area contributed by atoms with Gasteiger partial charge in [-0.05, 0) is 48.3 Å². The summed E-state index contributed by atoms with van der Waals surface area (Å²) >= 11 is 0.662. The van der Waals surface area contributed by atoms with E-state index < -0.39 is 36.3 Å². The molecule has 1 aromatic carbocycles. The topological polar surface area (TPSA) is 191 Å². The van der Waals surface area contributed by atoms with Gasteiger partial charge in [-0.1, -0.05) is 12.1 Å². The van der Waals surface area contributed by atoms with Crippen molar-refractivity contribution >= 4 is 40.9 Å². The maximum Gasteiger partial charge on any atom is 0.325 e. The molecule has 2 aromatic heterocycles. The predicted molar refractivity (Wildman–Crippen MR) is 124 cm³/mol. The van der Waals surface area contributed by atoms with Gasteiger partial charge in [-0.3, -0.25) is 19.2 Å². The lowest BCUT2D eigenvalue weighted by molar-refractivity contribution is -0.144. The molecule has 0 saturated heterocycles. The van der Waals surface area contributed by atoms with E-state index in [1.165, 1.54) is 30.5 Å². The van der Waals surface area contributed by atoms with Crippen LogP contribution in [-0.2, 0) is 20.9 Å². The number of nitrogens with two attached hydrogens (primary N) is 2. The number of anilines is 1. The van der Waals surface area contributed by atoms with Gasteiger partial charge in [0.25, 0.3) is 11.8 Å². The maximum atomic E-state index is 13.7. The molecular formula is C22H23N5O7S. The number of rotatable bonds is 10. The van der Waals surface area contributed by atoms with Gasteiger partial charge < -0.3 is 35.9 Å². The molecule has 2 heterocycles. The van der Waals surface area contributed by atoms with Crippen LogP contribution < -0.4 is 16.8 Å². The van der Waals surface area contributed by atoms with Gasteiger partial charge in [0.2, 0.25) is 5.91 Å². The predicted octanol–water partition coefficient (Wildman–Crippen LogP) is 1.19. The summed E-state index contributed by atoms with van der Waals surface area (Å²) in [6, 6.07) is 7.54. The molecule has 0 fully saturated rings. The molecule has 0 radical (unpaired) electrons. The Labute approximate surface area is 203 Å². The van der Waals surface area contributed by atoms with Crippen molar-refractivity contribution in [2.75, 3.05) is 18.9 Å². The van der Waals surface area contributed by atoms with Crippen molar-refractivity contribution in [2.45, 2.75) is 19.5 Å². The van der Waals surface area contributed by atoms with Crippen molar-refractivity contribution in [2.24, 2.45) is 5.73 Å². The number of furan rings is 1. The SMILES string of the molecule is CCOC(=O)CNC(=O)[C@@H](c1ccc(O)cc1)N(Cc1ccco1)C(=O)c1snc(C(N)=O)c1N. The molecule has 3 rings (SSSR count). The number of hydrogen-bond donors (Lipinski definition) is 4. The number of nitrogens with one attached hydrogen (secondary N) is 1. The maximum absolute atomic E-state index is 13.7. The van der Waals surface area contributed by atoms with Crippen molar-refractivity contribution in [3.05, 3.63) is 64.6 Å². The van der Waals surface area contributed by atoms with E-state index in [1.54, 1.807) is 19.1 Å². The van der Waals surface area contributed by atoms with Crippen molar-refractivity contribution in [1.29, 1.82) is 0 Å². The first kappa shape index (κ1) is 25.2. The lowest BCUT2D eigenvalue weighted by Crippen LogP contribution is -2.44. The first-order valence-electron chi connectivity index (χ1n) is 10.3.